The van der Waals surface area contributed by atoms with Crippen molar-refractivity contribution in [3.63, 3.8) is 0 Å². The minimum Gasteiger partial charge on any atom is -0.489 e. The zero-order valence-electron chi connectivity index (χ0n) is 17.3. The first-order chi connectivity index (χ1) is 13.4. The number of aliphatic imine (C=N–C) groups is 1. The minimum atomic E-state index is 0.111. The molecule has 1 heterocycles. The van der Waals surface area contributed by atoms with E-state index in [4.69, 9.17) is 9.73 Å². The van der Waals surface area contributed by atoms with Gasteiger partial charge in [0, 0.05) is 12.0 Å². The van der Waals surface area contributed by atoms with Crippen LogP contribution in [0.1, 0.15) is 44.4 Å². The lowest BCUT2D eigenvalue weighted by Gasteiger charge is -2.19. The predicted molar refractivity (Wildman–Crippen MR) is 119 cm³/mol. The Morgan fingerprint density at radius 2 is 1.89 bits per heavy atom. The van der Waals surface area contributed by atoms with Crippen molar-refractivity contribution in [2.24, 2.45) is 4.99 Å². The average molecular weight is 372 g/mol. The van der Waals surface area contributed by atoms with Gasteiger partial charge in [-0.25, -0.2) is 0 Å². The first-order valence-electron chi connectivity index (χ1n) is 9.80. The van der Waals surface area contributed by atoms with Gasteiger partial charge in [-0.05, 0) is 41.2 Å². The summed E-state index contributed by atoms with van der Waals surface area (Å²) in [7, 11) is 0. The molecule has 1 aliphatic heterocycles. The largest absolute Gasteiger partial charge is 0.489 e. The van der Waals surface area contributed by atoms with E-state index in [-0.39, 0.29) is 5.41 Å². The molecular weight excluding hydrogens is 342 g/mol. The molecular formula is C26H29NO. The Labute approximate surface area is 169 Å². The Balaban J connectivity index is 1.85. The van der Waals surface area contributed by atoms with Crippen LogP contribution >= 0.6 is 0 Å². The molecule has 3 rings (SSSR count). The molecule has 0 atom stereocenters. The third-order valence-electron chi connectivity index (χ3n) is 4.92. The van der Waals surface area contributed by atoms with Gasteiger partial charge < -0.3 is 4.74 Å². The molecule has 144 valence electrons. The van der Waals surface area contributed by atoms with Crippen molar-refractivity contribution in [2.45, 2.75) is 46.1 Å². The van der Waals surface area contributed by atoms with Gasteiger partial charge in [-0.2, -0.15) is 0 Å². The van der Waals surface area contributed by atoms with Gasteiger partial charge in [0.2, 0.25) is 0 Å². The number of nitrogens with zero attached hydrogens (tertiary/aromatic N) is 1. The Hall–Kier alpha value is -2.87. The van der Waals surface area contributed by atoms with Crippen LogP contribution in [0.2, 0.25) is 0 Å². The molecule has 0 saturated heterocycles. The highest BCUT2D eigenvalue weighted by Crippen LogP contribution is 2.35. The predicted octanol–water partition coefficient (Wildman–Crippen LogP) is 6.85. The van der Waals surface area contributed by atoms with Crippen LogP contribution in [0.25, 0.3) is 0 Å². The number of benzene rings is 2. The van der Waals surface area contributed by atoms with Crippen molar-refractivity contribution in [2.75, 3.05) is 0 Å². The molecule has 2 aromatic rings. The second kappa shape index (κ2) is 8.43. The lowest BCUT2D eigenvalue weighted by atomic mass is 9.86. The van der Waals surface area contributed by atoms with Crippen LogP contribution in [0.15, 0.2) is 89.7 Å². The number of rotatable bonds is 6. The van der Waals surface area contributed by atoms with E-state index in [9.17, 15) is 0 Å². The van der Waals surface area contributed by atoms with E-state index in [1.54, 1.807) is 6.08 Å². The van der Waals surface area contributed by atoms with Crippen LogP contribution in [0, 0.1) is 0 Å². The third kappa shape index (κ3) is 4.51. The summed E-state index contributed by atoms with van der Waals surface area (Å²) in [4.78, 5) is 4.95. The van der Waals surface area contributed by atoms with Gasteiger partial charge in [0.15, 0.2) is 0 Å². The summed E-state index contributed by atoms with van der Waals surface area (Å²) >= 11 is 0. The van der Waals surface area contributed by atoms with Crippen molar-refractivity contribution < 1.29 is 4.74 Å². The van der Waals surface area contributed by atoms with Crippen LogP contribution < -0.4 is 0 Å². The van der Waals surface area contributed by atoms with Crippen molar-refractivity contribution >= 4 is 11.4 Å². The topological polar surface area (TPSA) is 21.6 Å². The summed E-state index contributed by atoms with van der Waals surface area (Å²) in [5.74, 6) is 0.839. The number of allylic oxidation sites excluding steroid dienone is 4. The van der Waals surface area contributed by atoms with E-state index in [1.807, 2.05) is 37.3 Å². The van der Waals surface area contributed by atoms with E-state index in [0.717, 1.165) is 34.7 Å². The van der Waals surface area contributed by atoms with Crippen LogP contribution in [0.4, 0.5) is 5.69 Å². The van der Waals surface area contributed by atoms with Gasteiger partial charge in [-0.1, -0.05) is 82.0 Å². The van der Waals surface area contributed by atoms with E-state index in [0.29, 0.717) is 6.61 Å². The fourth-order valence-electron chi connectivity index (χ4n) is 3.29. The maximum Gasteiger partial charge on any atom is 0.124 e. The Morgan fingerprint density at radius 1 is 1.14 bits per heavy atom. The Kier molecular flexibility index (Phi) is 5.99. The van der Waals surface area contributed by atoms with Gasteiger partial charge in [0.05, 0.1) is 11.4 Å². The van der Waals surface area contributed by atoms with Crippen molar-refractivity contribution in [1.82, 2.24) is 0 Å². The first kappa shape index (κ1) is 19.9. The second-order valence-corrected chi connectivity index (χ2v) is 8.07. The quantitative estimate of drug-likeness (QED) is 0.402. The fraction of sp³-hybridized carbons (Fsp3) is 0.269. The average Bonchev–Trinajstić information content (AvgIpc) is 3.10. The SMILES string of the molecule is C=C/C=C(C1=Nc2cc(C(C)(C)C)ccc2C1)\C(=C/C)OCc1ccccc1. The Morgan fingerprint density at radius 3 is 2.54 bits per heavy atom. The number of fused-ring (bicyclic) bond motifs is 1. The summed E-state index contributed by atoms with van der Waals surface area (Å²) in [6, 6.07) is 16.8. The molecule has 28 heavy (non-hydrogen) atoms. The molecule has 0 N–H and O–H groups in total. The number of hydrogen-bond acceptors (Lipinski definition) is 2. The maximum atomic E-state index is 6.15. The van der Waals surface area contributed by atoms with Crippen molar-refractivity contribution in [1.29, 1.82) is 0 Å². The maximum absolute atomic E-state index is 6.15. The lowest BCUT2D eigenvalue weighted by molar-refractivity contribution is 0.208. The number of hydrogen-bond donors (Lipinski definition) is 0. The fourth-order valence-corrected chi connectivity index (χ4v) is 3.29. The molecule has 0 saturated carbocycles. The van der Waals surface area contributed by atoms with E-state index in [1.165, 1.54) is 11.1 Å². The normalized spacial score (nSPS) is 14.5. The minimum absolute atomic E-state index is 0.111. The van der Waals surface area contributed by atoms with Gasteiger partial charge in [-0.15, -0.1) is 0 Å². The van der Waals surface area contributed by atoms with Gasteiger partial charge in [0.25, 0.3) is 0 Å². The van der Waals surface area contributed by atoms with Gasteiger partial charge in [-0.3, -0.25) is 4.99 Å². The summed E-state index contributed by atoms with van der Waals surface area (Å²) in [5, 5.41) is 0. The van der Waals surface area contributed by atoms with E-state index >= 15 is 0 Å². The highest BCUT2D eigenvalue weighted by molar-refractivity contribution is 6.09. The van der Waals surface area contributed by atoms with Crippen molar-refractivity contribution in [3.8, 4) is 0 Å². The lowest BCUT2D eigenvalue weighted by Crippen LogP contribution is -2.10. The standard InChI is InChI=1S/C26H29NO/c1-6-11-22(25(7-2)28-18-19-12-9-8-10-13-19)24-16-20-14-15-21(26(3,4)5)17-23(20)27-24/h6-15,17H,1,16,18H2,2-5H3/b22-11-,25-7+. The highest BCUT2D eigenvalue weighted by Gasteiger charge is 2.23. The molecule has 2 aromatic carbocycles. The molecule has 0 spiro atoms. The van der Waals surface area contributed by atoms with E-state index < -0.39 is 0 Å². The molecule has 0 bridgehead atoms. The summed E-state index contributed by atoms with van der Waals surface area (Å²) in [6.45, 7) is 13.1. The first-order valence-corrected chi connectivity index (χ1v) is 9.80. The summed E-state index contributed by atoms with van der Waals surface area (Å²) in [5.41, 5.74) is 6.92. The summed E-state index contributed by atoms with van der Waals surface area (Å²) < 4.78 is 6.15. The van der Waals surface area contributed by atoms with Crippen molar-refractivity contribution in [3.05, 3.63) is 101 Å². The molecule has 2 nitrogen and oxygen atoms in total. The zero-order chi connectivity index (χ0) is 20.1. The molecule has 1 aliphatic rings. The highest BCUT2D eigenvalue weighted by atomic mass is 16.5. The second-order valence-electron chi connectivity index (χ2n) is 8.07. The zero-order valence-corrected chi connectivity index (χ0v) is 17.3. The van der Waals surface area contributed by atoms with Crippen LogP contribution in [-0.4, -0.2) is 5.71 Å². The molecule has 2 heteroatoms. The monoisotopic (exact) mass is 371 g/mol. The Bertz CT molecular complexity index is 940. The van der Waals surface area contributed by atoms with Crippen LogP contribution in [0.3, 0.4) is 0 Å². The smallest absolute Gasteiger partial charge is 0.124 e. The molecule has 0 fully saturated rings. The van der Waals surface area contributed by atoms with E-state index in [2.05, 4.69) is 57.7 Å². The molecule has 0 aliphatic carbocycles. The van der Waals surface area contributed by atoms with Gasteiger partial charge >= 0.3 is 0 Å². The third-order valence-corrected chi connectivity index (χ3v) is 4.92. The molecule has 0 radical (unpaired) electrons. The molecule has 0 unspecified atom stereocenters. The molecule has 0 amide bonds. The number of ether oxygens (including phenoxy) is 1. The van der Waals surface area contributed by atoms with Gasteiger partial charge in [0.1, 0.15) is 12.4 Å². The van der Waals surface area contributed by atoms with Crippen LogP contribution in [-0.2, 0) is 23.2 Å². The summed E-state index contributed by atoms with van der Waals surface area (Å²) in [6.07, 6.45) is 6.61. The molecule has 0 aromatic heterocycles. The van der Waals surface area contributed by atoms with Crippen LogP contribution in [0.5, 0.6) is 0 Å².